The smallest absolute Gasteiger partial charge is 0.309 e. The fourth-order valence-electron chi connectivity index (χ4n) is 2.52. The number of benzene rings is 1. The number of aliphatic carboxylic acids is 1. The Morgan fingerprint density at radius 1 is 1.33 bits per heavy atom. The second-order valence-corrected chi connectivity index (χ2v) is 7.01. The Hall–Kier alpha value is -1.89. The van der Waals surface area contributed by atoms with Crippen molar-refractivity contribution in [3.05, 3.63) is 29.8 Å². The lowest BCUT2D eigenvalue weighted by Gasteiger charge is -2.16. The van der Waals surface area contributed by atoms with Gasteiger partial charge in [-0.15, -0.1) is 0 Å². The third kappa shape index (κ3) is 2.65. The summed E-state index contributed by atoms with van der Waals surface area (Å²) in [5.74, 6) is -3.55. The van der Waals surface area contributed by atoms with Gasteiger partial charge in [-0.25, -0.2) is 12.7 Å². The Bertz CT molecular complexity index is 665. The highest BCUT2D eigenvalue weighted by Gasteiger charge is 2.48. The van der Waals surface area contributed by atoms with Gasteiger partial charge in [0.1, 0.15) is 0 Å². The number of carbonyl (C=O) groups excluding carboxylic acids is 1. The summed E-state index contributed by atoms with van der Waals surface area (Å²) < 4.78 is 25.7. The van der Waals surface area contributed by atoms with Gasteiger partial charge >= 0.3 is 5.97 Å². The summed E-state index contributed by atoms with van der Waals surface area (Å²) in [7, 11) is -3.99. The highest BCUT2D eigenvalue weighted by molar-refractivity contribution is 7.89. The summed E-state index contributed by atoms with van der Waals surface area (Å²) in [6, 6.07) is 6.12. The van der Waals surface area contributed by atoms with Crippen LogP contribution in [0.1, 0.15) is 18.9 Å². The van der Waals surface area contributed by atoms with E-state index in [0.29, 0.717) is 10.7 Å². The molecular formula is C14H17NO5S. The zero-order valence-electron chi connectivity index (χ0n) is 11.8. The van der Waals surface area contributed by atoms with Gasteiger partial charge in [0.15, 0.2) is 0 Å². The van der Waals surface area contributed by atoms with Gasteiger partial charge in [-0.05, 0) is 25.5 Å². The van der Waals surface area contributed by atoms with E-state index < -0.39 is 33.7 Å². The molecule has 0 unspecified atom stereocenters. The fourth-order valence-corrected chi connectivity index (χ4v) is 3.98. The van der Waals surface area contributed by atoms with Crippen LogP contribution < -0.4 is 0 Å². The van der Waals surface area contributed by atoms with Gasteiger partial charge in [0, 0.05) is 0 Å². The van der Waals surface area contributed by atoms with Gasteiger partial charge in [0.2, 0.25) is 5.91 Å². The number of rotatable bonds is 4. The van der Waals surface area contributed by atoms with Crippen LogP contribution in [0.25, 0.3) is 0 Å². The van der Waals surface area contributed by atoms with E-state index in [1.165, 1.54) is 12.1 Å². The average Bonchev–Trinajstić information content (AvgIpc) is 2.77. The molecule has 1 aliphatic rings. The quantitative estimate of drug-likeness (QED) is 0.903. The summed E-state index contributed by atoms with van der Waals surface area (Å²) in [6.07, 6.45) is 0.301. The van der Waals surface area contributed by atoms with Crippen LogP contribution in [0.3, 0.4) is 0 Å². The topological polar surface area (TPSA) is 91.8 Å². The normalized spacial score (nSPS) is 22.6. The number of carboxylic acid groups (broad SMARTS) is 1. The highest BCUT2D eigenvalue weighted by atomic mass is 32.2. The minimum atomic E-state index is -3.99. The maximum Gasteiger partial charge on any atom is 0.309 e. The van der Waals surface area contributed by atoms with E-state index in [-0.39, 0.29) is 11.4 Å². The van der Waals surface area contributed by atoms with Crippen molar-refractivity contribution in [1.29, 1.82) is 0 Å². The van der Waals surface area contributed by atoms with Crippen molar-refractivity contribution in [2.24, 2.45) is 11.8 Å². The average molecular weight is 311 g/mol. The van der Waals surface area contributed by atoms with E-state index in [1.54, 1.807) is 19.1 Å². The highest BCUT2D eigenvalue weighted by Crippen LogP contribution is 2.32. The van der Waals surface area contributed by atoms with Crippen LogP contribution in [0, 0.1) is 18.8 Å². The van der Waals surface area contributed by atoms with Crippen LogP contribution in [0.5, 0.6) is 0 Å². The summed E-state index contributed by atoms with van der Waals surface area (Å²) in [5.41, 5.74) is 0.900. The van der Waals surface area contributed by atoms with Crippen LogP contribution in [0.2, 0.25) is 0 Å². The molecule has 0 aliphatic carbocycles. The molecule has 6 nitrogen and oxygen atoms in total. The van der Waals surface area contributed by atoms with Crippen LogP contribution in [-0.4, -0.2) is 36.3 Å². The Labute approximate surface area is 123 Å². The van der Waals surface area contributed by atoms with E-state index in [2.05, 4.69) is 0 Å². The standard InChI is InChI=1S/C14H17NO5S/c1-3-11-12(14(17)18)8-15(13(11)16)21(19,20)10-6-4-9(2)5-7-10/h4-7,11-12H,3,8H2,1-2H3,(H,17,18)/t11-,12-/m0/s1. The third-order valence-corrected chi connectivity index (χ3v) is 5.55. The number of hydrogen-bond donors (Lipinski definition) is 1. The predicted molar refractivity (Wildman–Crippen MR) is 75.0 cm³/mol. The molecule has 2 rings (SSSR count). The molecule has 2 atom stereocenters. The number of carbonyl (C=O) groups is 2. The predicted octanol–water partition coefficient (Wildman–Crippen LogP) is 1.25. The molecule has 0 saturated carbocycles. The SMILES string of the molecule is CC[C@@H]1C(=O)N(S(=O)(=O)c2ccc(C)cc2)C[C@@H]1C(=O)O. The minimum Gasteiger partial charge on any atom is -0.481 e. The lowest BCUT2D eigenvalue weighted by molar-refractivity contribution is -0.144. The molecule has 1 aromatic rings. The second kappa shape index (κ2) is 5.48. The number of nitrogens with zero attached hydrogens (tertiary/aromatic N) is 1. The van der Waals surface area contributed by atoms with E-state index in [9.17, 15) is 18.0 Å². The maximum atomic E-state index is 12.5. The minimum absolute atomic E-state index is 0.00217. The number of aryl methyl sites for hydroxylation is 1. The molecule has 21 heavy (non-hydrogen) atoms. The lowest BCUT2D eigenvalue weighted by Crippen LogP contribution is -2.33. The van der Waals surface area contributed by atoms with Crippen molar-refractivity contribution in [3.63, 3.8) is 0 Å². The van der Waals surface area contributed by atoms with Gasteiger partial charge in [0.25, 0.3) is 10.0 Å². The fraction of sp³-hybridized carbons (Fsp3) is 0.429. The summed E-state index contributed by atoms with van der Waals surface area (Å²) in [4.78, 5) is 23.4. The first-order valence-corrected chi connectivity index (χ1v) is 8.09. The molecule has 1 heterocycles. The van der Waals surface area contributed by atoms with Crippen molar-refractivity contribution < 1.29 is 23.1 Å². The molecule has 1 fully saturated rings. The first kappa shape index (κ1) is 15.5. The van der Waals surface area contributed by atoms with Crippen LogP contribution in [0.4, 0.5) is 0 Å². The Balaban J connectivity index is 2.39. The molecule has 0 aromatic heterocycles. The Morgan fingerprint density at radius 2 is 1.90 bits per heavy atom. The molecule has 7 heteroatoms. The molecule has 0 spiro atoms. The first-order chi connectivity index (χ1) is 9.78. The molecule has 0 bridgehead atoms. The Kier molecular flexibility index (Phi) is 4.04. The largest absolute Gasteiger partial charge is 0.481 e. The molecule has 1 amide bonds. The van der Waals surface area contributed by atoms with Gasteiger partial charge in [-0.2, -0.15) is 0 Å². The monoisotopic (exact) mass is 311 g/mol. The summed E-state index contributed by atoms with van der Waals surface area (Å²) >= 11 is 0. The number of hydrogen-bond acceptors (Lipinski definition) is 4. The van der Waals surface area contributed by atoms with E-state index in [0.717, 1.165) is 5.56 Å². The third-order valence-electron chi connectivity index (χ3n) is 3.78. The molecule has 114 valence electrons. The van der Waals surface area contributed by atoms with E-state index in [1.807, 2.05) is 6.92 Å². The maximum absolute atomic E-state index is 12.5. The van der Waals surface area contributed by atoms with Gasteiger partial charge in [0.05, 0.1) is 23.3 Å². The van der Waals surface area contributed by atoms with Crippen molar-refractivity contribution >= 4 is 21.9 Å². The van der Waals surface area contributed by atoms with Crippen molar-refractivity contribution in [1.82, 2.24) is 4.31 Å². The number of carboxylic acids is 1. The second-order valence-electron chi connectivity index (χ2n) is 5.15. The number of amides is 1. The van der Waals surface area contributed by atoms with Crippen molar-refractivity contribution in [2.75, 3.05) is 6.54 Å². The van der Waals surface area contributed by atoms with E-state index in [4.69, 9.17) is 5.11 Å². The van der Waals surface area contributed by atoms with Crippen molar-refractivity contribution in [3.8, 4) is 0 Å². The number of sulfonamides is 1. The molecule has 1 aromatic carbocycles. The molecular weight excluding hydrogens is 294 g/mol. The zero-order valence-corrected chi connectivity index (χ0v) is 12.6. The Morgan fingerprint density at radius 3 is 2.33 bits per heavy atom. The molecule has 1 aliphatic heterocycles. The van der Waals surface area contributed by atoms with Gasteiger partial charge in [-0.1, -0.05) is 24.6 Å². The van der Waals surface area contributed by atoms with E-state index >= 15 is 0 Å². The molecule has 1 saturated heterocycles. The van der Waals surface area contributed by atoms with Crippen LogP contribution in [0.15, 0.2) is 29.2 Å². The summed E-state index contributed by atoms with van der Waals surface area (Å²) in [5, 5.41) is 9.15. The molecule has 0 radical (unpaired) electrons. The van der Waals surface area contributed by atoms with Crippen molar-refractivity contribution in [2.45, 2.75) is 25.2 Å². The molecule has 1 N–H and O–H groups in total. The lowest BCUT2D eigenvalue weighted by atomic mass is 9.93. The zero-order chi connectivity index (χ0) is 15.8. The van der Waals surface area contributed by atoms with Crippen LogP contribution >= 0.6 is 0 Å². The van der Waals surface area contributed by atoms with Crippen LogP contribution in [-0.2, 0) is 19.6 Å². The van der Waals surface area contributed by atoms with Gasteiger partial charge in [-0.3, -0.25) is 9.59 Å². The first-order valence-electron chi connectivity index (χ1n) is 6.65. The summed E-state index contributed by atoms with van der Waals surface area (Å²) in [6.45, 7) is 3.20. The van der Waals surface area contributed by atoms with Gasteiger partial charge < -0.3 is 5.11 Å².